The molecule has 1 aliphatic heterocycles. The van der Waals surface area contributed by atoms with Crippen LogP contribution >= 0.6 is 0 Å². The normalized spacial score (nSPS) is 32.8. The second kappa shape index (κ2) is 6.75. The first-order valence-electron chi connectivity index (χ1n) is 7.70. The van der Waals surface area contributed by atoms with Crippen molar-refractivity contribution >= 4 is 0 Å². The van der Waals surface area contributed by atoms with Gasteiger partial charge >= 0.3 is 0 Å². The molecule has 100 valence electrons. The molecular formula is C15H30N2. The van der Waals surface area contributed by atoms with Crippen molar-refractivity contribution in [1.29, 1.82) is 0 Å². The third-order valence-corrected chi connectivity index (χ3v) is 4.77. The Labute approximate surface area is 107 Å². The summed E-state index contributed by atoms with van der Waals surface area (Å²) in [4.78, 5) is 2.63. The third-order valence-electron chi connectivity index (χ3n) is 4.77. The molecule has 1 atom stereocenters. The average molecular weight is 238 g/mol. The minimum absolute atomic E-state index is 0.736. The van der Waals surface area contributed by atoms with E-state index < -0.39 is 0 Å². The van der Waals surface area contributed by atoms with Gasteiger partial charge in [0.15, 0.2) is 0 Å². The second-order valence-electron chi connectivity index (χ2n) is 6.38. The van der Waals surface area contributed by atoms with Gasteiger partial charge in [-0.05, 0) is 64.1 Å². The van der Waals surface area contributed by atoms with Gasteiger partial charge in [-0.15, -0.1) is 0 Å². The Morgan fingerprint density at radius 3 is 2.41 bits per heavy atom. The fourth-order valence-electron chi connectivity index (χ4n) is 3.34. The van der Waals surface area contributed by atoms with Crippen molar-refractivity contribution in [2.75, 3.05) is 26.2 Å². The van der Waals surface area contributed by atoms with Crippen LogP contribution in [0.5, 0.6) is 0 Å². The van der Waals surface area contributed by atoms with Gasteiger partial charge in [0.25, 0.3) is 0 Å². The molecular weight excluding hydrogens is 208 g/mol. The molecule has 2 fully saturated rings. The zero-order chi connectivity index (χ0) is 12.1. The van der Waals surface area contributed by atoms with E-state index in [1.165, 1.54) is 64.7 Å². The smallest absolute Gasteiger partial charge is 0.0192 e. The van der Waals surface area contributed by atoms with E-state index in [1.807, 2.05) is 0 Å². The van der Waals surface area contributed by atoms with Crippen LogP contribution in [0.25, 0.3) is 0 Å². The monoisotopic (exact) mass is 238 g/mol. The van der Waals surface area contributed by atoms with Crippen LogP contribution in [0.15, 0.2) is 0 Å². The lowest BCUT2D eigenvalue weighted by Crippen LogP contribution is -2.40. The van der Waals surface area contributed by atoms with Gasteiger partial charge in [-0.3, -0.25) is 4.90 Å². The van der Waals surface area contributed by atoms with E-state index in [9.17, 15) is 0 Å². The van der Waals surface area contributed by atoms with Crippen molar-refractivity contribution in [1.82, 2.24) is 10.2 Å². The molecule has 1 saturated heterocycles. The molecule has 2 rings (SSSR count). The van der Waals surface area contributed by atoms with Gasteiger partial charge < -0.3 is 5.32 Å². The van der Waals surface area contributed by atoms with Gasteiger partial charge in [-0.25, -0.2) is 0 Å². The molecule has 1 heterocycles. The molecule has 0 bridgehead atoms. The highest BCUT2D eigenvalue weighted by Gasteiger charge is 2.20. The highest BCUT2D eigenvalue weighted by molar-refractivity contribution is 4.76. The third kappa shape index (κ3) is 4.26. The van der Waals surface area contributed by atoms with Gasteiger partial charge in [0.05, 0.1) is 0 Å². The quantitative estimate of drug-likeness (QED) is 0.792. The second-order valence-corrected chi connectivity index (χ2v) is 6.38. The van der Waals surface area contributed by atoms with Crippen molar-refractivity contribution < 1.29 is 0 Å². The van der Waals surface area contributed by atoms with E-state index in [0.717, 1.165) is 17.9 Å². The van der Waals surface area contributed by atoms with Crippen LogP contribution in [0, 0.1) is 11.8 Å². The summed E-state index contributed by atoms with van der Waals surface area (Å²) in [7, 11) is 0. The van der Waals surface area contributed by atoms with Crippen molar-refractivity contribution in [3.63, 3.8) is 0 Å². The fraction of sp³-hybridized carbons (Fsp3) is 1.00. The van der Waals surface area contributed by atoms with E-state index in [-0.39, 0.29) is 0 Å². The molecule has 2 heteroatoms. The molecule has 2 nitrogen and oxygen atoms in total. The molecule has 0 amide bonds. The highest BCUT2D eigenvalue weighted by Crippen LogP contribution is 2.27. The van der Waals surface area contributed by atoms with Crippen molar-refractivity contribution in [3.05, 3.63) is 0 Å². The largest absolute Gasteiger partial charge is 0.315 e. The molecule has 0 aromatic carbocycles. The van der Waals surface area contributed by atoms with Gasteiger partial charge in [-0.1, -0.05) is 19.8 Å². The van der Waals surface area contributed by atoms with Crippen LogP contribution in [-0.4, -0.2) is 37.1 Å². The maximum absolute atomic E-state index is 3.70. The summed E-state index contributed by atoms with van der Waals surface area (Å²) in [5, 5.41) is 3.70. The van der Waals surface area contributed by atoms with Crippen LogP contribution < -0.4 is 5.32 Å². The zero-order valence-electron chi connectivity index (χ0n) is 11.8. The van der Waals surface area contributed by atoms with E-state index in [0.29, 0.717) is 0 Å². The topological polar surface area (TPSA) is 15.3 Å². The summed E-state index contributed by atoms with van der Waals surface area (Å²) in [5.41, 5.74) is 0. The predicted octanol–water partition coefficient (Wildman–Crippen LogP) is 2.89. The van der Waals surface area contributed by atoms with Crippen LogP contribution in [0.2, 0.25) is 0 Å². The maximum Gasteiger partial charge on any atom is 0.0192 e. The SMILES string of the molecule is CC1CCC(CNCC(C)N2CCCC2)CC1. The first kappa shape index (κ1) is 13.4. The van der Waals surface area contributed by atoms with Crippen molar-refractivity contribution in [3.8, 4) is 0 Å². The predicted molar refractivity (Wildman–Crippen MR) is 74.3 cm³/mol. The minimum Gasteiger partial charge on any atom is -0.315 e. The molecule has 1 N–H and O–H groups in total. The summed E-state index contributed by atoms with van der Waals surface area (Å²) >= 11 is 0. The van der Waals surface area contributed by atoms with E-state index in [1.54, 1.807) is 0 Å². The number of likely N-dealkylation sites (tertiary alicyclic amines) is 1. The van der Waals surface area contributed by atoms with E-state index >= 15 is 0 Å². The number of nitrogens with zero attached hydrogens (tertiary/aromatic N) is 1. The Balaban J connectivity index is 1.56. The molecule has 1 aliphatic carbocycles. The van der Waals surface area contributed by atoms with E-state index in [2.05, 4.69) is 24.1 Å². The Bertz CT molecular complexity index is 203. The summed E-state index contributed by atoms with van der Waals surface area (Å²) in [6.07, 6.45) is 8.62. The summed E-state index contributed by atoms with van der Waals surface area (Å²) in [6, 6.07) is 0.736. The van der Waals surface area contributed by atoms with Gasteiger partial charge in [0, 0.05) is 12.6 Å². The van der Waals surface area contributed by atoms with Gasteiger partial charge in [0.2, 0.25) is 0 Å². The molecule has 1 saturated carbocycles. The maximum atomic E-state index is 3.70. The van der Waals surface area contributed by atoms with Crippen LogP contribution in [0.3, 0.4) is 0 Å². The lowest BCUT2D eigenvalue weighted by atomic mass is 9.83. The minimum atomic E-state index is 0.736. The summed E-state index contributed by atoms with van der Waals surface area (Å²) < 4.78 is 0. The first-order valence-corrected chi connectivity index (χ1v) is 7.70. The number of nitrogens with one attached hydrogen (secondary N) is 1. The van der Waals surface area contributed by atoms with Crippen molar-refractivity contribution in [2.45, 2.75) is 58.4 Å². The Kier molecular flexibility index (Phi) is 5.30. The molecule has 2 aliphatic rings. The number of hydrogen-bond donors (Lipinski definition) is 1. The number of hydrogen-bond acceptors (Lipinski definition) is 2. The zero-order valence-corrected chi connectivity index (χ0v) is 11.8. The summed E-state index contributed by atoms with van der Waals surface area (Å²) in [6.45, 7) is 9.87. The van der Waals surface area contributed by atoms with Gasteiger partial charge in [0.1, 0.15) is 0 Å². The van der Waals surface area contributed by atoms with Crippen LogP contribution in [0.1, 0.15) is 52.4 Å². The lowest BCUT2D eigenvalue weighted by Gasteiger charge is -2.28. The van der Waals surface area contributed by atoms with E-state index in [4.69, 9.17) is 0 Å². The Morgan fingerprint density at radius 2 is 1.76 bits per heavy atom. The Morgan fingerprint density at radius 1 is 1.12 bits per heavy atom. The number of rotatable bonds is 5. The highest BCUT2D eigenvalue weighted by atomic mass is 15.2. The molecule has 0 spiro atoms. The van der Waals surface area contributed by atoms with Crippen molar-refractivity contribution in [2.24, 2.45) is 11.8 Å². The lowest BCUT2D eigenvalue weighted by molar-refractivity contribution is 0.237. The molecule has 17 heavy (non-hydrogen) atoms. The fourth-order valence-corrected chi connectivity index (χ4v) is 3.34. The first-order chi connectivity index (χ1) is 8.25. The molecule has 0 aromatic rings. The Hall–Kier alpha value is -0.0800. The van der Waals surface area contributed by atoms with Gasteiger partial charge in [-0.2, -0.15) is 0 Å². The standard InChI is InChI=1S/C15H30N2/c1-13-5-7-15(8-6-13)12-16-11-14(2)17-9-3-4-10-17/h13-16H,3-12H2,1-2H3. The molecule has 1 unspecified atom stereocenters. The van der Waals surface area contributed by atoms with Crippen LogP contribution in [-0.2, 0) is 0 Å². The van der Waals surface area contributed by atoms with Crippen LogP contribution in [0.4, 0.5) is 0 Å². The average Bonchev–Trinajstić information content (AvgIpc) is 2.85. The summed E-state index contributed by atoms with van der Waals surface area (Å²) in [5.74, 6) is 1.94. The molecule has 0 radical (unpaired) electrons. The molecule has 0 aromatic heterocycles.